The van der Waals surface area contributed by atoms with Crippen molar-refractivity contribution in [1.82, 2.24) is 10.6 Å². The molecule has 0 fully saturated rings. The van der Waals surface area contributed by atoms with Crippen molar-refractivity contribution in [3.05, 3.63) is 53.0 Å². The van der Waals surface area contributed by atoms with Crippen molar-refractivity contribution in [3.63, 3.8) is 0 Å². The average molecular weight is 429 g/mol. The van der Waals surface area contributed by atoms with Gasteiger partial charge in [-0.1, -0.05) is 0 Å². The van der Waals surface area contributed by atoms with Gasteiger partial charge in [0.1, 0.15) is 17.2 Å². The topological polar surface area (TPSA) is 77.3 Å². The summed E-state index contributed by atoms with van der Waals surface area (Å²) in [5, 5.41) is 7.26. The van der Waals surface area contributed by atoms with Crippen LogP contribution in [-0.4, -0.2) is 33.8 Å². The van der Waals surface area contributed by atoms with Crippen LogP contribution in [0.3, 0.4) is 0 Å². The lowest BCUT2D eigenvalue weighted by Gasteiger charge is -2.14. The molecule has 3 aromatic rings. The molecule has 166 valence electrons. The van der Waals surface area contributed by atoms with E-state index in [2.05, 4.69) is 15.6 Å². The standard InChI is InChI=1S/C23H28FN3O4/c1-6-25-23(26-12-15-9-19(28-3)22(30-5)20(10-15)29-4)27-13-21-14(2)17-11-16(24)7-8-18(17)31-21/h7-11H,6,12-13H2,1-5H3,(H2,25,26,27). The van der Waals surface area contributed by atoms with Crippen molar-refractivity contribution in [2.24, 2.45) is 4.99 Å². The van der Waals surface area contributed by atoms with Gasteiger partial charge in [-0.3, -0.25) is 0 Å². The van der Waals surface area contributed by atoms with Gasteiger partial charge in [0.05, 0.1) is 34.4 Å². The lowest BCUT2D eigenvalue weighted by atomic mass is 10.1. The Kier molecular flexibility index (Phi) is 7.23. The van der Waals surface area contributed by atoms with Gasteiger partial charge < -0.3 is 29.3 Å². The molecule has 0 bridgehead atoms. The predicted octanol–water partition coefficient (Wildman–Crippen LogP) is 4.16. The van der Waals surface area contributed by atoms with E-state index in [1.807, 2.05) is 26.0 Å². The second-order valence-electron chi connectivity index (χ2n) is 6.87. The van der Waals surface area contributed by atoms with E-state index in [9.17, 15) is 4.39 Å². The second kappa shape index (κ2) is 10.1. The summed E-state index contributed by atoms with van der Waals surface area (Å²) in [6, 6.07) is 8.26. The number of nitrogens with zero attached hydrogens (tertiary/aromatic N) is 1. The maximum Gasteiger partial charge on any atom is 0.203 e. The zero-order valence-electron chi connectivity index (χ0n) is 18.5. The summed E-state index contributed by atoms with van der Waals surface area (Å²) >= 11 is 0. The normalized spacial score (nSPS) is 11.5. The van der Waals surface area contributed by atoms with Gasteiger partial charge >= 0.3 is 0 Å². The van der Waals surface area contributed by atoms with Crippen LogP contribution < -0.4 is 24.8 Å². The Bertz CT molecular complexity index is 1050. The number of hydrogen-bond donors (Lipinski definition) is 2. The van der Waals surface area contributed by atoms with E-state index in [0.717, 1.165) is 22.3 Å². The predicted molar refractivity (Wildman–Crippen MR) is 119 cm³/mol. The van der Waals surface area contributed by atoms with Crippen molar-refractivity contribution < 1.29 is 23.0 Å². The summed E-state index contributed by atoms with van der Waals surface area (Å²) < 4.78 is 35.6. The maximum absolute atomic E-state index is 13.5. The van der Waals surface area contributed by atoms with Crippen LogP contribution in [0.5, 0.6) is 17.2 Å². The minimum atomic E-state index is -0.281. The summed E-state index contributed by atoms with van der Waals surface area (Å²) in [5.74, 6) is 2.78. The highest BCUT2D eigenvalue weighted by Gasteiger charge is 2.14. The number of methoxy groups -OCH3 is 3. The molecule has 0 amide bonds. The highest BCUT2D eigenvalue weighted by atomic mass is 19.1. The van der Waals surface area contributed by atoms with Gasteiger partial charge in [0.2, 0.25) is 5.75 Å². The number of benzene rings is 2. The molecule has 1 heterocycles. The lowest BCUT2D eigenvalue weighted by molar-refractivity contribution is 0.324. The van der Waals surface area contributed by atoms with Gasteiger partial charge in [0.15, 0.2) is 17.5 Å². The van der Waals surface area contributed by atoms with Crippen LogP contribution in [-0.2, 0) is 13.1 Å². The number of ether oxygens (including phenoxy) is 3. The molecule has 3 rings (SSSR count). The molecule has 0 aliphatic heterocycles. The number of furan rings is 1. The fourth-order valence-corrected chi connectivity index (χ4v) is 3.32. The summed E-state index contributed by atoms with van der Waals surface area (Å²) in [6.45, 7) is 5.43. The zero-order chi connectivity index (χ0) is 22.4. The third-order valence-corrected chi connectivity index (χ3v) is 4.90. The first kappa shape index (κ1) is 22.3. The molecule has 2 N–H and O–H groups in total. The molecule has 0 saturated carbocycles. The number of rotatable bonds is 8. The largest absolute Gasteiger partial charge is 0.493 e. The number of fused-ring (bicyclic) bond motifs is 1. The Labute approximate surface area is 181 Å². The minimum absolute atomic E-state index is 0.281. The SMILES string of the molecule is CCNC(=NCc1cc(OC)c(OC)c(OC)c1)NCc1oc2ccc(F)cc2c1C. The number of guanidine groups is 1. The van der Waals surface area contributed by atoms with Crippen molar-refractivity contribution in [1.29, 1.82) is 0 Å². The third kappa shape index (κ3) is 5.02. The van der Waals surface area contributed by atoms with E-state index < -0.39 is 0 Å². The van der Waals surface area contributed by atoms with E-state index in [1.165, 1.54) is 12.1 Å². The average Bonchev–Trinajstić information content (AvgIpc) is 3.09. The van der Waals surface area contributed by atoms with E-state index in [1.54, 1.807) is 27.4 Å². The summed E-state index contributed by atoms with van der Waals surface area (Å²) in [4.78, 5) is 4.64. The molecule has 0 aliphatic carbocycles. The second-order valence-corrected chi connectivity index (χ2v) is 6.87. The summed E-state index contributed by atoms with van der Waals surface area (Å²) in [6.07, 6.45) is 0. The van der Waals surface area contributed by atoms with Crippen molar-refractivity contribution in [3.8, 4) is 17.2 Å². The van der Waals surface area contributed by atoms with Gasteiger partial charge in [0.25, 0.3) is 0 Å². The van der Waals surface area contributed by atoms with Gasteiger partial charge in [-0.25, -0.2) is 9.38 Å². The van der Waals surface area contributed by atoms with E-state index in [4.69, 9.17) is 18.6 Å². The molecular formula is C23H28FN3O4. The molecule has 7 nitrogen and oxygen atoms in total. The van der Waals surface area contributed by atoms with Crippen LogP contribution in [0.15, 0.2) is 39.7 Å². The number of nitrogens with one attached hydrogen (secondary N) is 2. The van der Waals surface area contributed by atoms with Gasteiger partial charge in [-0.2, -0.15) is 0 Å². The first-order valence-electron chi connectivity index (χ1n) is 9.99. The monoisotopic (exact) mass is 429 g/mol. The fraction of sp³-hybridized carbons (Fsp3) is 0.348. The summed E-state index contributed by atoms with van der Waals surface area (Å²) in [7, 11) is 4.73. The lowest BCUT2D eigenvalue weighted by Crippen LogP contribution is -2.36. The zero-order valence-corrected chi connectivity index (χ0v) is 18.5. The van der Waals surface area contributed by atoms with Crippen LogP contribution >= 0.6 is 0 Å². The van der Waals surface area contributed by atoms with Crippen LogP contribution in [0.4, 0.5) is 4.39 Å². The Morgan fingerprint density at radius 1 is 1.03 bits per heavy atom. The molecule has 0 spiro atoms. The Morgan fingerprint density at radius 2 is 1.74 bits per heavy atom. The van der Waals surface area contributed by atoms with E-state index in [0.29, 0.717) is 48.4 Å². The number of hydrogen-bond acceptors (Lipinski definition) is 5. The van der Waals surface area contributed by atoms with Crippen LogP contribution in [0.2, 0.25) is 0 Å². The Hall–Kier alpha value is -3.42. The quantitative estimate of drug-likeness (QED) is 0.414. The van der Waals surface area contributed by atoms with E-state index in [-0.39, 0.29) is 5.82 Å². The van der Waals surface area contributed by atoms with Crippen LogP contribution in [0, 0.1) is 12.7 Å². The first-order chi connectivity index (χ1) is 15.0. The third-order valence-electron chi connectivity index (χ3n) is 4.90. The summed E-state index contributed by atoms with van der Waals surface area (Å²) in [5.41, 5.74) is 2.47. The maximum atomic E-state index is 13.5. The van der Waals surface area contributed by atoms with Crippen LogP contribution in [0.25, 0.3) is 11.0 Å². The fourth-order valence-electron chi connectivity index (χ4n) is 3.32. The smallest absolute Gasteiger partial charge is 0.203 e. The first-order valence-corrected chi connectivity index (χ1v) is 9.99. The minimum Gasteiger partial charge on any atom is -0.493 e. The van der Waals surface area contributed by atoms with Gasteiger partial charge in [-0.05, 0) is 49.7 Å². The Balaban J connectivity index is 1.77. The molecule has 0 saturated heterocycles. The number of aryl methyl sites for hydroxylation is 1. The molecule has 31 heavy (non-hydrogen) atoms. The molecule has 1 aromatic heterocycles. The van der Waals surface area contributed by atoms with Crippen molar-refractivity contribution >= 4 is 16.9 Å². The van der Waals surface area contributed by atoms with Gasteiger partial charge in [-0.15, -0.1) is 0 Å². The van der Waals surface area contributed by atoms with Crippen LogP contribution in [0.1, 0.15) is 23.8 Å². The molecule has 0 aliphatic rings. The molecule has 8 heteroatoms. The molecule has 0 unspecified atom stereocenters. The van der Waals surface area contributed by atoms with Crippen molar-refractivity contribution in [2.75, 3.05) is 27.9 Å². The van der Waals surface area contributed by atoms with Gasteiger partial charge in [0, 0.05) is 17.5 Å². The number of halogens is 1. The van der Waals surface area contributed by atoms with E-state index >= 15 is 0 Å². The Morgan fingerprint density at radius 3 is 2.35 bits per heavy atom. The highest BCUT2D eigenvalue weighted by molar-refractivity contribution is 5.83. The molecular weight excluding hydrogens is 401 g/mol. The highest BCUT2D eigenvalue weighted by Crippen LogP contribution is 2.38. The number of aliphatic imine (C=N–C) groups is 1. The van der Waals surface area contributed by atoms with Crippen molar-refractivity contribution in [2.45, 2.75) is 26.9 Å². The molecule has 2 aromatic carbocycles. The molecule has 0 radical (unpaired) electrons. The molecule has 0 atom stereocenters.